The van der Waals surface area contributed by atoms with E-state index in [4.69, 9.17) is 14.2 Å². The molecule has 0 spiro atoms. The summed E-state index contributed by atoms with van der Waals surface area (Å²) in [6.07, 6.45) is 1.53. The third-order valence-electron chi connectivity index (χ3n) is 5.26. The smallest absolute Gasteiger partial charge is 0.275 e. The topological polar surface area (TPSA) is 69.2 Å². The first-order valence-electron chi connectivity index (χ1n) is 10.5. The van der Waals surface area contributed by atoms with Crippen LogP contribution in [0, 0.1) is 0 Å². The molecule has 6 nitrogen and oxygen atoms in total. The van der Waals surface area contributed by atoms with Crippen LogP contribution in [0.15, 0.2) is 88.4 Å². The van der Waals surface area contributed by atoms with Gasteiger partial charge in [-0.05, 0) is 46.7 Å². The van der Waals surface area contributed by atoms with Crippen LogP contribution in [0.4, 0.5) is 0 Å². The van der Waals surface area contributed by atoms with E-state index < -0.39 is 5.91 Å². The van der Waals surface area contributed by atoms with Crippen molar-refractivity contribution in [1.29, 1.82) is 0 Å². The summed E-state index contributed by atoms with van der Waals surface area (Å²) in [5.74, 6) is 1.17. The van der Waals surface area contributed by atoms with Gasteiger partial charge in [0.25, 0.3) is 5.91 Å². The summed E-state index contributed by atoms with van der Waals surface area (Å²) in [6.45, 7) is 0.351. The van der Waals surface area contributed by atoms with E-state index in [1.54, 1.807) is 25.3 Å². The average molecular weight is 519 g/mol. The standard InChI is InChI=1S/C27H23BrN2O4/c1-32-24-14-13-21(28)15-23(24)27(31)30-29-16-19-9-6-12-25(33-2)26(19)34-17-20-10-5-8-18-7-3-4-11-22(18)20/h3-16H,17H2,1-2H3,(H,30,31)/b29-16-. The van der Waals surface area contributed by atoms with E-state index in [9.17, 15) is 4.79 Å². The SMILES string of the molecule is COc1ccc(Br)cc1C(=O)N/N=C\c1cccc(OC)c1OCc1cccc2ccccc12. The first-order valence-corrected chi connectivity index (χ1v) is 11.3. The average Bonchev–Trinajstić information content (AvgIpc) is 2.87. The number of hydrazone groups is 1. The molecule has 0 fully saturated rings. The molecule has 0 aliphatic heterocycles. The highest BCUT2D eigenvalue weighted by atomic mass is 79.9. The molecule has 7 heteroatoms. The van der Waals surface area contributed by atoms with Gasteiger partial charge in [-0.3, -0.25) is 4.79 Å². The van der Waals surface area contributed by atoms with E-state index in [0.29, 0.717) is 35.0 Å². The molecule has 4 aromatic rings. The molecule has 4 rings (SSSR count). The van der Waals surface area contributed by atoms with Crippen molar-refractivity contribution in [2.75, 3.05) is 14.2 Å². The van der Waals surface area contributed by atoms with Crippen LogP contribution in [0.2, 0.25) is 0 Å². The zero-order chi connectivity index (χ0) is 23.9. The minimum atomic E-state index is -0.393. The molecule has 0 aliphatic rings. The maximum absolute atomic E-state index is 12.6. The maximum atomic E-state index is 12.6. The van der Waals surface area contributed by atoms with Crippen LogP contribution >= 0.6 is 15.9 Å². The van der Waals surface area contributed by atoms with Crippen molar-refractivity contribution < 1.29 is 19.0 Å². The molecule has 1 amide bonds. The highest BCUT2D eigenvalue weighted by molar-refractivity contribution is 9.10. The Morgan fingerprint density at radius 3 is 2.53 bits per heavy atom. The Bertz CT molecular complexity index is 1350. The van der Waals surface area contributed by atoms with E-state index in [0.717, 1.165) is 20.8 Å². The zero-order valence-corrected chi connectivity index (χ0v) is 20.3. The fourth-order valence-electron chi connectivity index (χ4n) is 3.60. The molecule has 0 saturated carbocycles. The number of rotatable bonds is 8. The molecule has 1 N–H and O–H groups in total. The third kappa shape index (κ3) is 5.21. The molecule has 0 bridgehead atoms. The number of ether oxygens (including phenoxy) is 3. The van der Waals surface area contributed by atoms with Crippen molar-refractivity contribution in [3.8, 4) is 17.2 Å². The number of para-hydroxylation sites is 1. The molecule has 0 unspecified atom stereocenters. The second-order valence-electron chi connectivity index (χ2n) is 7.35. The van der Waals surface area contributed by atoms with Crippen LogP contribution in [0.3, 0.4) is 0 Å². The Labute approximate surface area is 206 Å². The Morgan fingerprint density at radius 1 is 0.941 bits per heavy atom. The van der Waals surface area contributed by atoms with E-state index in [2.05, 4.69) is 44.7 Å². The molecule has 172 valence electrons. The fourth-order valence-corrected chi connectivity index (χ4v) is 3.96. The number of fused-ring (bicyclic) bond motifs is 1. The van der Waals surface area contributed by atoms with Crippen molar-refractivity contribution in [3.05, 3.63) is 100 Å². The van der Waals surface area contributed by atoms with Gasteiger partial charge in [0.2, 0.25) is 0 Å². The summed E-state index contributed by atoms with van der Waals surface area (Å²) >= 11 is 3.37. The predicted molar refractivity (Wildman–Crippen MR) is 137 cm³/mol. The van der Waals surface area contributed by atoms with E-state index in [1.165, 1.54) is 13.3 Å². The summed E-state index contributed by atoms with van der Waals surface area (Å²) in [5, 5.41) is 6.41. The highest BCUT2D eigenvalue weighted by Crippen LogP contribution is 2.31. The van der Waals surface area contributed by atoms with Gasteiger partial charge in [-0.1, -0.05) is 64.5 Å². The molecule has 0 aromatic heterocycles. The Balaban J connectivity index is 1.55. The molecule has 4 aromatic carbocycles. The lowest BCUT2D eigenvalue weighted by Gasteiger charge is -2.14. The van der Waals surface area contributed by atoms with Crippen LogP contribution in [0.5, 0.6) is 17.2 Å². The van der Waals surface area contributed by atoms with Crippen LogP contribution < -0.4 is 19.6 Å². The van der Waals surface area contributed by atoms with Gasteiger partial charge < -0.3 is 14.2 Å². The van der Waals surface area contributed by atoms with Gasteiger partial charge in [0.1, 0.15) is 12.4 Å². The third-order valence-corrected chi connectivity index (χ3v) is 5.75. The number of nitrogens with one attached hydrogen (secondary N) is 1. The molecule has 34 heavy (non-hydrogen) atoms. The van der Waals surface area contributed by atoms with Gasteiger partial charge in [0.05, 0.1) is 26.0 Å². The first-order chi connectivity index (χ1) is 16.6. The Kier molecular flexibility index (Phi) is 7.44. The van der Waals surface area contributed by atoms with Crippen LogP contribution in [0.1, 0.15) is 21.5 Å². The summed E-state index contributed by atoms with van der Waals surface area (Å²) in [4.78, 5) is 12.6. The van der Waals surface area contributed by atoms with E-state index in [1.807, 2.05) is 42.5 Å². The van der Waals surface area contributed by atoms with Gasteiger partial charge >= 0.3 is 0 Å². The lowest BCUT2D eigenvalue weighted by atomic mass is 10.1. The van der Waals surface area contributed by atoms with Gasteiger partial charge in [0.15, 0.2) is 11.5 Å². The summed E-state index contributed by atoms with van der Waals surface area (Å²) in [6, 6.07) is 25.0. The lowest BCUT2D eigenvalue weighted by Crippen LogP contribution is -2.18. The highest BCUT2D eigenvalue weighted by Gasteiger charge is 2.13. The monoisotopic (exact) mass is 518 g/mol. The van der Waals surface area contributed by atoms with Gasteiger partial charge in [-0.15, -0.1) is 0 Å². The second-order valence-corrected chi connectivity index (χ2v) is 8.26. The molecule has 0 saturated heterocycles. The largest absolute Gasteiger partial charge is 0.496 e. The number of amides is 1. The minimum absolute atomic E-state index is 0.351. The normalized spacial score (nSPS) is 10.9. The number of hydrogen-bond donors (Lipinski definition) is 1. The number of carbonyl (C=O) groups is 1. The quantitative estimate of drug-likeness (QED) is 0.230. The molecular weight excluding hydrogens is 496 g/mol. The number of hydrogen-bond acceptors (Lipinski definition) is 5. The fraction of sp³-hybridized carbons (Fsp3) is 0.111. The number of methoxy groups -OCH3 is 2. The lowest BCUT2D eigenvalue weighted by molar-refractivity contribution is 0.0952. The number of carbonyl (C=O) groups excluding carboxylic acids is 1. The summed E-state index contributed by atoms with van der Waals surface area (Å²) < 4.78 is 17.7. The zero-order valence-electron chi connectivity index (χ0n) is 18.7. The van der Waals surface area contributed by atoms with Crippen LogP contribution in [-0.4, -0.2) is 26.3 Å². The Hall–Kier alpha value is -3.84. The summed E-state index contributed by atoms with van der Waals surface area (Å²) in [7, 11) is 3.10. The minimum Gasteiger partial charge on any atom is -0.496 e. The van der Waals surface area contributed by atoms with Crippen molar-refractivity contribution in [1.82, 2.24) is 5.43 Å². The second kappa shape index (κ2) is 10.9. The first kappa shape index (κ1) is 23.3. The number of benzene rings is 4. The molecule has 0 heterocycles. The number of nitrogens with zero attached hydrogens (tertiary/aromatic N) is 1. The maximum Gasteiger partial charge on any atom is 0.275 e. The van der Waals surface area contributed by atoms with Crippen molar-refractivity contribution in [2.45, 2.75) is 6.61 Å². The predicted octanol–water partition coefficient (Wildman–Crippen LogP) is 5.96. The van der Waals surface area contributed by atoms with Gasteiger partial charge in [-0.25, -0.2) is 5.43 Å². The van der Waals surface area contributed by atoms with Crippen molar-refractivity contribution in [3.63, 3.8) is 0 Å². The van der Waals surface area contributed by atoms with Gasteiger partial charge in [0, 0.05) is 10.0 Å². The number of halogens is 1. The Morgan fingerprint density at radius 2 is 1.71 bits per heavy atom. The molecule has 0 radical (unpaired) electrons. The van der Waals surface area contributed by atoms with Crippen molar-refractivity contribution in [2.24, 2.45) is 5.10 Å². The van der Waals surface area contributed by atoms with Crippen LogP contribution in [-0.2, 0) is 6.61 Å². The van der Waals surface area contributed by atoms with Crippen LogP contribution in [0.25, 0.3) is 10.8 Å². The molecule has 0 aliphatic carbocycles. The molecular formula is C27H23BrN2O4. The van der Waals surface area contributed by atoms with Gasteiger partial charge in [-0.2, -0.15) is 5.10 Å². The van der Waals surface area contributed by atoms with Crippen molar-refractivity contribution >= 4 is 38.8 Å². The van der Waals surface area contributed by atoms with E-state index in [-0.39, 0.29) is 0 Å². The van der Waals surface area contributed by atoms with E-state index >= 15 is 0 Å². The molecule has 0 atom stereocenters. The summed E-state index contributed by atoms with van der Waals surface area (Å²) in [5.41, 5.74) is 4.64.